The van der Waals surface area contributed by atoms with E-state index in [1.807, 2.05) is 0 Å². The summed E-state index contributed by atoms with van der Waals surface area (Å²) in [6.07, 6.45) is 1.91. The van der Waals surface area contributed by atoms with Crippen molar-refractivity contribution in [2.24, 2.45) is 0 Å². The Morgan fingerprint density at radius 1 is 1.14 bits per heavy atom. The van der Waals surface area contributed by atoms with E-state index in [9.17, 15) is 8.42 Å². The van der Waals surface area contributed by atoms with Crippen molar-refractivity contribution in [2.45, 2.75) is 12.8 Å². The maximum Gasteiger partial charge on any atom is 0.335 e. The van der Waals surface area contributed by atoms with Gasteiger partial charge in [-0.3, -0.25) is 4.18 Å². The topological polar surface area (TPSA) is 76.7 Å². The third-order valence-corrected chi connectivity index (χ3v) is 3.10. The monoisotopic (exact) mass is 242 g/mol. The van der Waals surface area contributed by atoms with Gasteiger partial charge in [0.15, 0.2) is 0 Å². The van der Waals surface area contributed by atoms with Crippen molar-refractivity contribution in [3.05, 3.63) is 0 Å². The molecule has 84 valence electrons. The van der Waals surface area contributed by atoms with Gasteiger partial charge in [0.25, 0.3) is 0 Å². The van der Waals surface area contributed by atoms with Gasteiger partial charge in [0, 0.05) is 13.1 Å². The molecule has 0 atom stereocenters. The quantitative estimate of drug-likeness (QED) is 0.452. The van der Waals surface area contributed by atoms with Crippen LogP contribution >= 0.6 is 12.2 Å². The molecule has 0 saturated carbocycles. The van der Waals surface area contributed by atoms with Gasteiger partial charge in [0.05, 0.1) is 25.4 Å². The molecule has 2 aliphatic heterocycles. The smallest absolute Gasteiger partial charge is 0.301 e. The van der Waals surface area contributed by atoms with Gasteiger partial charge < -0.3 is 4.18 Å². The van der Waals surface area contributed by atoms with Gasteiger partial charge in [-0.2, -0.15) is 13.1 Å². The summed E-state index contributed by atoms with van der Waals surface area (Å²) in [6.45, 7) is 2.81. The van der Waals surface area contributed by atoms with Crippen LogP contribution in [0.25, 0.3) is 0 Å². The fraction of sp³-hybridized carbons (Fsp3) is 1.00. The van der Waals surface area contributed by atoms with Crippen LogP contribution in [0, 0.1) is 0 Å². The van der Waals surface area contributed by atoms with Gasteiger partial charge in [-0.05, 0) is 12.8 Å². The van der Waals surface area contributed by atoms with Crippen LogP contribution in [0.2, 0.25) is 0 Å². The van der Waals surface area contributed by atoms with Crippen LogP contribution in [-0.4, -0.2) is 34.7 Å². The summed E-state index contributed by atoms with van der Waals surface area (Å²) in [6, 6.07) is 0. The Kier molecular flexibility index (Phi) is 5.75. The van der Waals surface area contributed by atoms with Crippen molar-refractivity contribution in [3.8, 4) is 0 Å². The summed E-state index contributed by atoms with van der Waals surface area (Å²) in [5, 5.41) is 0. The van der Waals surface area contributed by atoms with Crippen LogP contribution in [0.5, 0.6) is 0 Å². The molecule has 2 heterocycles. The fourth-order valence-electron chi connectivity index (χ4n) is 0.808. The summed E-state index contributed by atoms with van der Waals surface area (Å²) in [5.41, 5.74) is 0. The van der Waals surface area contributed by atoms with Crippen LogP contribution < -0.4 is 9.44 Å². The minimum absolute atomic E-state index is 0.315. The highest BCUT2D eigenvalue weighted by Gasteiger charge is 2.13. The van der Waals surface area contributed by atoms with E-state index in [1.165, 1.54) is 12.2 Å². The number of nitrogens with one attached hydrogen (secondary N) is 2. The van der Waals surface area contributed by atoms with Gasteiger partial charge in [-0.1, -0.05) is 0 Å². The lowest BCUT2D eigenvalue weighted by Gasteiger charge is -2.10. The summed E-state index contributed by atoms with van der Waals surface area (Å²) in [4.78, 5) is 0. The molecule has 2 N–H and O–H groups in total. The van der Waals surface area contributed by atoms with E-state index in [0.717, 1.165) is 26.0 Å². The van der Waals surface area contributed by atoms with Crippen molar-refractivity contribution in [1.29, 1.82) is 0 Å². The standard InChI is InChI=1S/C3H7NO3S.C3H7NOS/c5-8(6)4-2-1-3-7-8;1-2-4-6-5-3-1/h4H,1-3H2;4H,1-3H2. The first kappa shape index (κ1) is 12.2. The molecular formula is C6H14N2O4S2. The van der Waals surface area contributed by atoms with Crippen LogP contribution in [0.1, 0.15) is 12.8 Å². The predicted molar refractivity (Wildman–Crippen MR) is 53.7 cm³/mol. The van der Waals surface area contributed by atoms with Crippen molar-refractivity contribution >= 4 is 22.5 Å². The minimum atomic E-state index is -3.33. The first-order valence-electron chi connectivity index (χ1n) is 4.36. The maximum atomic E-state index is 10.3. The zero-order valence-corrected chi connectivity index (χ0v) is 9.33. The van der Waals surface area contributed by atoms with Crippen LogP contribution in [0.15, 0.2) is 0 Å². The van der Waals surface area contributed by atoms with Crippen LogP contribution in [0.4, 0.5) is 0 Å². The van der Waals surface area contributed by atoms with E-state index < -0.39 is 10.3 Å². The second kappa shape index (κ2) is 6.59. The first-order valence-corrected chi connectivity index (χ1v) is 6.51. The first-order chi connectivity index (χ1) is 6.71. The predicted octanol–water partition coefficient (Wildman–Crippen LogP) is -0.199. The van der Waals surface area contributed by atoms with E-state index in [4.69, 9.17) is 4.18 Å². The molecule has 14 heavy (non-hydrogen) atoms. The zero-order chi connectivity index (χ0) is 10.3. The van der Waals surface area contributed by atoms with E-state index in [0.29, 0.717) is 13.2 Å². The molecule has 0 radical (unpaired) electrons. The summed E-state index contributed by atoms with van der Waals surface area (Å²) in [7, 11) is -3.33. The molecular weight excluding hydrogens is 228 g/mol. The Bertz CT molecular complexity index is 217. The van der Waals surface area contributed by atoms with Gasteiger partial charge >= 0.3 is 10.3 Å². The number of hydrogen-bond acceptors (Lipinski definition) is 6. The molecule has 2 rings (SSSR count). The van der Waals surface area contributed by atoms with Crippen LogP contribution in [-0.2, 0) is 18.7 Å². The van der Waals surface area contributed by atoms with Crippen molar-refractivity contribution in [1.82, 2.24) is 9.44 Å². The third kappa shape index (κ3) is 5.78. The second-order valence-corrected chi connectivity index (χ2v) is 4.80. The highest BCUT2D eigenvalue weighted by molar-refractivity contribution is 7.92. The molecule has 0 spiro atoms. The number of hydrogen-bond donors (Lipinski definition) is 2. The van der Waals surface area contributed by atoms with E-state index in [2.05, 4.69) is 13.6 Å². The second-order valence-electron chi connectivity index (χ2n) is 2.68. The van der Waals surface area contributed by atoms with Crippen molar-refractivity contribution in [3.63, 3.8) is 0 Å². The molecule has 0 unspecified atom stereocenters. The highest BCUT2D eigenvalue weighted by atomic mass is 32.2. The van der Waals surface area contributed by atoms with E-state index in [1.54, 1.807) is 0 Å². The Labute approximate surface area is 88.3 Å². The van der Waals surface area contributed by atoms with Crippen molar-refractivity contribution in [2.75, 3.05) is 26.3 Å². The molecule has 6 nitrogen and oxygen atoms in total. The van der Waals surface area contributed by atoms with Crippen LogP contribution in [0.3, 0.4) is 0 Å². The van der Waals surface area contributed by atoms with Crippen molar-refractivity contribution < 1.29 is 16.8 Å². The number of rotatable bonds is 0. The highest BCUT2D eigenvalue weighted by Crippen LogP contribution is 2.01. The average Bonchev–Trinajstić information content (AvgIpc) is 2.21. The fourth-order valence-corrected chi connectivity index (χ4v) is 2.14. The lowest BCUT2D eigenvalue weighted by atomic mass is 10.5. The minimum Gasteiger partial charge on any atom is -0.301 e. The molecule has 2 aliphatic rings. The lowest BCUT2D eigenvalue weighted by Crippen LogP contribution is -2.32. The third-order valence-electron chi connectivity index (χ3n) is 1.46. The Balaban J connectivity index is 0.000000146. The zero-order valence-electron chi connectivity index (χ0n) is 7.69. The Morgan fingerprint density at radius 2 is 1.93 bits per heavy atom. The van der Waals surface area contributed by atoms with Gasteiger partial charge in [-0.15, -0.1) is 0 Å². The van der Waals surface area contributed by atoms with E-state index in [-0.39, 0.29) is 0 Å². The molecule has 0 aromatic carbocycles. The van der Waals surface area contributed by atoms with E-state index >= 15 is 0 Å². The summed E-state index contributed by atoms with van der Waals surface area (Å²) < 4.78 is 35.0. The lowest BCUT2D eigenvalue weighted by molar-refractivity contribution is 0.284. The average molecular weight is 242 g/mol. The summed E-state index contributed by atoms with van der Waals surface area (Å²) in [5.74, 6) is 0. The molecule has 0 amide bonds. The summed E-state index contributed by atoms with van der Waals surface area (Å²) >= 11 is 1.34. The molecule has 2 saturated heterocycles. The van der Waals surface area contributed by atoms with Gasteiger partial charge in [0.2, 0.25) is 0 Å². The SMILES string of the molecule is C1CNSOC1.O=S1(=O)NCCCO1. The largest absolute Gasteiger partial charge is 0.335 e. The molecule has 0 aromatic heterocycles. The Hall–Kier alpha value is 0.140. The molecule has 8 heteroatoms. The molecule has 0 bridgehead atoms. The van der Waals surface area contributed by atoms with Gasteiger partial charge in [0.1, 0.15) is 0 Å². The maximum absolute atomic E-state index is 10.3. The molecule has 2 fully saturated rings. The molecule has 0 aromatic rings. The van der Waals surface area contributed by atoms with Gasteiger partial charge in [-0.25, -0.2) is 4.72 Å². The Morgan fingerprint density at radius 3 is 2.14 bits per heavy atom. The molecule has 0 aliphatic carbocycles. The normalized spacial score (nSPS) is 26.0.